The number of nitrogens with zero attached hydrogens (tertiary/aromatic N) is 2. The van der Waals surface area contributed by atoms with E-state index in [4.69, 9.17) is 22.0 Å². The summed E-state index contributed by atoms with van der Waals surface area (Å²) in [5, 5.41) is 20.8. The quantitative estimate of drug-likeness (QED) is 0.830. The summed E-state index contributed by atoms with van der Waals surface area (Å²) in [5.41, 5.74) is 0.570. The fraction of sp³-hybridized carbons (Fsp3) is 0.500. The molecule has 0 aliphatic heterocycles. The van der Waals surface area contributed by atoms with Crippen molar-refractivity contribution >= 4 is 28.8 Å². The van der Waals surface area contributed by atoms with Crippen molar-refractivity contribution in [3.8, 4) is 6.07 Å². The second-order valence-electron chi connectivity index (χ2n) is 2.85. The zero-order chi connectivity index (χ0) is 10.6. The Labute approximate surface area is 91.3 Å². The first-order valence-corrected chi connectivity index (χ1v) is 5.26. The van der Waals surface area contributed by atoms with Crippen LogP contribution in [0.15, 0.2) is 0 Å². The highest BCUT2D eigenvalue weighted by Gasteiger charge is 2.13. The molecule has 0 bridgehead atoms. The van der Waals surface area contributed by atoms with Crippen molar-refractivity contribution < 1.29 is 5.11 Å². The smallest absolute Gasteiger partial charge is 0.167 e. The summed E-state index contributed by atoms with van der Waals surface area (Å²) < 4.78 is 3.86. The van der Waals surface area contributed by atoms with Gasteiger partial charge >= 0.3 is 0 Å². The molecule has 0 unspecified atom stereocenters. The lowest BCUT2D eigenvalue weighted by Crippen LogP contribution is -2.16. The molecule has 1 rings (SSSR count). The molecule has 76 valence electrons. The van der Waals surface area contributed by atoms with Crippen LogP contribution < -0.4 is 5.32 Å². The van der Waals surface area contributed by atoms with Gasteiger partial charge in [-0.05, 0) is 24.9 Å². The Kier molecular flexibility index (Phi) is 4.14. The minimum Gasteiger partial charge on any atom is -0.396 e. The van der Waals surface area contributed by atoms with Gasteiger partial charge in [0.2, 0.25) is 0 Å². The number of halogens is 1. The van der Waals surface area contributed by atoms with Crippen LogP contribution in [0, 0.1) is 11.3 Å². The fourth-order valence-corrected chi connectivity index (χ4v) is 1.84. The van der Waals surface area contributed by atoms with Gasteiger partial charge in [0.1, 0.15) is 16.6 Å². The maximum Gasteiger partial charge on any atom is 0.167 e. The molecular weight excluding hydrogens is 222 g/mol. The number of nitriles is 1. The molecular formula is C8H10ClN3OS. The van der Waals surface area contributed by atoms with Crippen LogP contribution >= 0.6 is 23.1 Å². The van der Waals surface area contributed by atoms with E-state index >= 15 is 0 Å². The number of hydrogen-bond acceptors (Lipinski definition) is 5. The SMILES string of the molecule is C[C@@H](CCO)Nc1c(Cl)nsc1C#N. The maximum atomic E-state index is 8.75. The van der Waals surface area contributed by atoms with Crippen LogP contribution in [-0.4, -0.2) is 22.1 Å². The average Bonchev–Trinajstić information content (AvgIpc) is 2.48. The van der Waals surface area contributed by atoms with Gasteiger partial charge in [0.25, 0.3) is 0 Å². The molecule has 0 aliphatic rings. The van der Waals surface area contributed by atoms with Crippen LogP contribution in [0.2, 0.25) is 5.15 Å². The largest absolute Gasteiger partial charge is 0.396 e. The average molecular weight is 232 g/mol. The van der Waals surface area contributed by atoms with Gasteiger partial charge in [-0.3, -0.25) is 0 Å². The van der Waals surface area contributed by atoms with Crippen molar-refractivity contribution in [3.05, 3.63) is 10.0 Å². The van der Waals surface area contributed by atoms with Gasteiger partial charge in [0.15, 0.2) is 5.15 Å². The third-order valence-corrected chi connectivity index (χ3v) is 2.83. The van der Waals surface area contributed by atoms with Gasteiger partial charge in [0.05, 0.1) is 0 Å². The molecule has 1 heterocycles. The molecule has 4 nitrogen and oxygen atoms in total. The third-order valence-electron chi connectivity index (χ3n) is 1.70. The van der Waals surface area contributed by atoms with E-state index < -0.39 is 0 Å². The first-order valence-electron chi connectivity index (χ1n) is 4.11. The maximum absolute atomic E-state index is 8.75. The van der Waals surface area contributed by atoms with E-state index in [1.54, 1.807) is 0 Å². The van der Waals surface area contributed by atoms with E-state index in [0.717, 1.165) is 11.5 Å². The summed E-state index contributed by atoms with van der Waals surface area (Å²) in [6.45, 7) is 2.01. The number of aliphatic hydroxyl groups is 1. The molecule has 2 N–H and O–H groups in total. The Morgan fingerprint density at radius 1 is 1.79 bits per heavy atom. The van der Waals surface area contributed by atoms with Gasteiger partial charge in [0, 0.05) is 12.6 Å². The molecule has 1 atom stereocenters. The van der Waals surface area contributed by atoms with E-state index in [1.165, 1.54) is 0 Å². The summed E-state index contributed by atoms with van der Waals surface area (Å²) in [6, 6.07) is 2.08. The van der Waals surface area contributed by atoms with Crippen molar-refractivity contribution in [1.29, 1.82) is 5.26 Å². The summed E-state index contributed by atoms with van der Waals surface area (Å²) >= 11 is 6.86. The van der Waals surface area contributed by atoms with Gasteiger partial charge in [-0.2, -0.15) is 9.64 Å². The molecule has 0 spiro atoms. The summed E-state index contributed by atoms with van der Waals surface area (Å²) in [5.74, 6) is 0. The highest BCUT2D eigenvalue weighted by atomic mass is 35.5. The zero-order valence-corrected chi connectivity index (χ0v) is 9.19. The lowest BCUT2D eigenvalue weighted by atomic mass is 10.2. The molecule has 0 aliphatic carbocycles. The van der Waals surface area contributed by atoms with E-state index in [-0.39, 0.29) is 12.6 Å². The molecule has 0 saturated heterocycles. The standard InChI is InChI=1S/C8H10ClN3OS/c1-5(2-3-13)11-7-6(4-10)14-12-8(7)9/h5,11,13H,2-3H2,1H3/t5-/m0/s1. The second kappa shape index (κ2) is 5.15. The molecule has 1 aromatic rings. The van der Waals surface area contributed by atoms with Crippen LogP contribution in [-0.2, 0) is 0 Å². The summed E-state index contributed by atoms with van der Waals surface area (Å²) in [7, 11) is 0. The molecule has 14 heavy (non-hydrogen) atoms. The van der Waals surface area contributed by atoms with Gasteiger partial charge in [-0.15, -0.1) is 0 Å². The highest BCUT2D eigenvalue weighted by Crippen LogP contribution is 2.28. The third kappa shape index (κ3) is 2.58. The molecule has 0 fully saturated rings. The van der Waals surface area contributed by atoms with Crippen molar-refractivity contribution in [2.24, 2.45) is 0 Å². The molecule has 6 heteroatoms. The molecule has 0 radical (unpaired) electrons. The Balaban J connectivity index is 2.75. The normalized spacial score (nSPS) is 12.1. The van der Waals surface area contributed by atoms with Gasteiger partial charge in [-0.1, -0.05) is 11.6 Å². The Bertz CT molecular complexity index is 347. The van der Waals surface area contributed by atoms with Crippen LogP contribution in [0.1, 0.15) is 18.2 Å². The van der Waals surface area contributed by atoms with E-state index in [2.05, 4.69) is 9.69 Å². The van der Waals surface area contributed by atoms with Crippen molar-refractivity contribution in [2.75, 3.05) is 11.9 Å². The minimum absolute atomic E-state index is 0.0704. The van der Waals surface area contributed by atoms with Crippen molar-refractivity contribution in [1.82, 2.24) is 4.37 Å². The fourth-order valence-electron chi connectivity index (χ4n) is 0.984. The zero-order valence-electron chi connectivity index (χ0n) is 7.62. The predicted octanol–water partition coefficient (Wildman–Crippen LogP) is 1.85. The highest BCUT2D eigenvalue weighted by molar-refractivity contribution is 7.07. The topological polar surface area (TPSA) is 68.9 Å². The van der Waals surface area contributed by atoms with Crippen LogP contribution in [0.4, 0.5) is 5.69 Å². The summed E-state index contributed by atoms with van der Waals surface area (Å²) in [4.78, 5) is 0.472. The molecule has 1 aromatic heterocycles. The number of hydrogen-bond donors (Lipinski definition) is 2. The second-order valence-corrected chi connectivity index (χ2v) is 3.98. The summed E-state index contributed by atoms with van der Waals surface area (Å²) in [6.07, 6.45) is 0.608. The monoisotopic (exact) mass is 231 g/mol. The molecule has 0 saturated carbocycles. The number of aromatic nitrogens is 1. The van der Waals surface area contributed by atoms with E-state index in [1.807, 2.05) is 13.0 Å². The van der Waals surface area contributed by atoms with E-state index in [9.17, 15) is 0 Å². The number of nitrogens with one attached hydrogen (secondary N) is 1. The van der Waals surface area contributed by atoms with Gasteiger partial charge < -0.3 is 10.4 Å². The molecule has 0 aromatic carbocycles. The number of rotatable bonds is 4. The number of anilines is 1. The lowest BCUT2D eigenvalue weighted by Gasteiger charge is -2.12. The van der Waals surface area contributed by atoms with E-state index in [0.29, 0.717) is 22.1 Å². The lowest BCUT2D eigenvalue weighted by molar-refractivity contribution is 0.282. The van der Waals surface area contributed by atoms with Crippen molar-refractivity contribution in [2.45, 2.75) is 19.4 Å². The minimum atomic E-state index is 0.0704. The van der Waals surface area contributed by atoms with Crippen LogP contribution in [0.25, 0.3) is 0 Å². The van der Waals surface area contributed by atoms with Gasteiger partial charge in [-0.25, -0.2) is 0 Å². The van der Waals surface area contributed by atoms with Crippen LogP contribution in [0.3, 0.4) is 0 Å². The number of aliphatic hydroxyl groups excluding tert-OH is 1. The Morgan fingerprint density at radius 2 is 2.50 bits per heavy atom. The van der Waals surface area contributed by atoms with Crippen molar-refractivity contribution in [3.63, 3.8) is 0 Å². The Morgan fingerprint density at radius 3 is 3.07 bits per heavy atom. The first-order chi connectivity index (χ1) is 6.69. The Hall–Kier alpha value is -0.830. The first kappa shape index (κ1) is 11.2. The predicted molar refractivity (Wildman–Crippen MR) is 56.6 cm³/mol. The van der Waals surface area contributed by atoms with Crippen LogP contribution in [0.5, 0.6) is 0 Å². The molecule has 0 amide bonds.